The zero-order valence-corrected chi connectivity index (χ0v) is 16.3. The van der Waals surface area contributed by atoms with E-state index in [1.54, 1.807) is 6.07 Å². The Bertz CT molecular complexity index is 532. The molecule has 1 atom stereocenters. The van der Waals surface area contributed by atoms with Gasteiger partial charge in [-0.05, 0) is 40.8 Å². The summed E-state index contributed by atoms with van der Waals surface area (Å²) in [5.74, 6) is 0. The lowest BCUT2D eigenvalue weighted by Crippen LogP contribution is -2.43. The van der Waals surface area contributed by atoms with Gasteiger partial charge in [-0.1, -0.05) is 36.7 Å². The van der Waals surface area contributed by atoms with Gasteiger partial charge in [-0.2, -0.15) is 0 Å². The first-order chi connectivity index (χ1) is 8.58. The van der Waals surface area contributed by atoms with Crippen molar-refractivity contribution in [3.8, 4) is 0 Å². The average Bonchev–Trinajstić information content (AvgIpc) is 2.56. The van der Waals surface area contributed by atoms with E-state index in [0.29, 0.717) is 4.90 Å². The van der Waals surface area contributed by atoms with Crippen LogP contribution in [0.1, 0.15) is 32.1 Å². The Morgan fingerprint density at radius 1 is 1.42 bits per heavy atom. The van der Waals surface area contributed by atoms with Crippen molar-refractivity contribution < 1.29 is 8.42 Å². The third kappa shape index (κ3) is 4.81. The molecule has 1 rings (SSSR count). The highest BCUT2D eigenvalue weighted by molar-refractivity contribution is 9.11. The number of hydrogen-bond acceptors (Lipinski definition) is 3. The van der Waals surface area contributed by atoms with Gasteiger partial charge in [-0.25, -0.2) is 13.1 Å². The van der Waals surface area contributed by atoms with Crippen molar-refractivity contribution in [3.63, 3.8) is 0 Å². The van der Waals surface area contributed by atoms with Crippen molar-refractivity contribution in [1.82, 2.24) is 4.72 Å². The summed E-state index contributed by atoms with van der Waals surface area (Å²) in [5, 5.41) is 0.768. The molecular formula is C12H19Br2NO2S2. The molecule has 19 heavy (non-hydrogen) atoms. The van der Waals surface area contributed by atoms with Crippen LogP contribution in [-0.4, -0.2) is 19.8 Å². The van der Waals surface area contributed by atoms with Crippen molar-refractivity contribution in [3.05, 3.63) is 14.7 Å². The molecule has 1 aromatic heterocycles. The van der Waals surface area contributed by atoms with Gasteiger partial charge >= 0.3 is 0 Å². The standard InChI is InChI=1S/C12H19Br2NO2S2/c1-8-9(7-11(14)18-8)19(16,17)15-10(5-6-13)12(2,3)4/h7,10,15H,5-6H2,1-4H3. The molecule has 1 heterocycles. The van der Waals surface area contributed by atoms with Crippen LogP contribution in [0.25, 0.3) is 0 Å². The zero-order chi connectivity index (χ0) is 14.8. The Morgan fingerprint density at radius 3 is 2.37 bits per heavy atom. The minimum Gasteiger partial charge on any atom is -0.207 e. The zero-order valence-electron chi connectivity index (χ0n) is 11.5. The van der Waals surface area contributed by atoms with E-state index in [9.17, 15) is 8.42 Å². The topological polar surface area (TPSA) is 46.2 Å². The molecule has 0 aliphatic carbocycles. The number of rotatable bonds is 5. The lowest BCUT2D eigenvalue weighted by molar-refractivity contribution is 0.293. The second-order valence-electron chi connectivity index (χ2n) is 5.49. The Labute approximate surface area is 136 Å². The van der Waals surface area contributed by atoms with Crippen molar-refractivity contribution in [1.29, 1.82) is 0 Å². The van der Waals surface area contributed by atoms with Gasteiger partial charge in [0.05, 0.1) is 8.68 Å². The summed E-state index contributed by atoms with van der Waals surface area (Å²) in [4.78, 5) is 1.17. The molecular weight excluding hydrogens is 414 g/mol. The van der Waals surface area contributed by atoms with Crippen LogP contribution in [-0.2, 0) is 10.0 Å². The second kappa shape index (κ2) is 6.56. The predicted molar refractivity (Wildman–Crippen MR) is 88.7 cm³/mol. The van der Waals surface area contributed by atoms with Crippen molar-refractivity contribution in [2.75, 3.05) is 5.33 Å². The first kappa shape index (κ1) is 17.6. The van der Waals surface area contributed by atoms with Gasteiger partial charge < -0.3 is 0 Å². The molecule has 0 aromatic carbocycles. The summed E-state index contributed by atoms with van der Waals surface area (Å²) in [6.07, 6.45) is 0.757. The molecule has 110 valence electrons. The number of alkyl halides is 1. The van der Waals surface area contributed by atoms with Crippen LogP contribution in [0, 0.1) is 12.3 Å². The van der Waals surface area contributed by atoms with Crippen molar-refractivity contribution >= 4 is 53.2 Å². The fourth-order valence-corrected chi connectivity index (χ4v) is 6.07. The quantitative estimate of drug-likeness (QED) is 0.705. The molecule has 0 saturated heterocycles. The van der Waals surface area contributed by atoms with Crippen LogP contribution in [0.3, 0.4) is 0 Å². The summed E-state index contributed by atoms with van der Waals surface area (Å²) >= 11 is 8.15. The van der Waals surface area contributed by atoms with E-state index in [-0.39, 0.29) is 11.5 Å². The Hall–Kier alpha value is 0.570. The SMILES string of the molecule is Cc1sc(Br)cc1S(=O)(=O)NC(CCBr)C(C)(C)C. The van der Waals surface area contributed by atoms with Gasteiger partial charge in [0.2, 0.25) is 10.0 Å². The summed E-state index contributed by atoms with van der Waals surface area (Å²) < 4.78 is 28.6. The maximum atomic E-state index is 12.5. The summed E-state index contributed by atoms with van der Waals surface area (Å²) in [7, 11) is -3.47. The lowest BCUT2D eigenvalue weighted by Gasteiger charge is -2.30. The minimum atomic E-state index is -3.47. The molecule has 0 radical (unpaired) electrons. The smallest absolute Gasteiger partial charge is 0.207 e. The molecule has 0 amide bonds. The van der Waals surface area contributed by atoms with Crippen LogP contribution in [0.5, 0.6) is 0 Å². The van der Waals surface area contributed by atoms with Crippen LogP contribution in [0.2, 0.25) is 0 Å². The molecule has 7 heteroatoms. The highest BCUT2D eigenvalue weighted by Crippen LogP contribution is 2.31. The Morgan fingerprint density at radius 2 is 2.00 bits per heavy atom. The summed E-state index contributed by atoms with van der Waals surface area (Å²) in [6.45, 7) is 7.94. The van der Waals surface area contributed by atoms with Gasteiger partial charge in [0.1, 0.15) is 0 Å². The molecule has 0 saturated carbocycles. The average molecular weight is 433 g/mol. The summed E-state index contributed by atoms with van der Waals surface area (Å²) in [6, 6.07) is 1.56. The van der Waals surface area contributed by atoms with Gasteiger partial charge in [0, 0.05) is 16.2 Å². The molecule has 0 aliphatic rings. The van der Waals surface area contributed by atoms with Crippen LogP contribution >= 0.6 is 43.2 Å². The molecule has 1 unspecified atom stereocenters. The van der Waals surface area contributed by atoms with Gasteiger partial charge in [0.15, 0.2) is 0 Å². The van der Waals surface area contributed by atoms with E-state index >= 15 is 0 Å². The van der Waals surface area contributed by atoms with Crippen LogP contribution in [0.4, 0.5) is 0 Å². The molecule has 0 spiro atoms. The van der Waals surface area contributed by atoms with Gasteiger partial charge in [0.25, 0.3) is 0 Å². The highest BCUT2D eigenvalue weighted by atomic mass is 79.9. The van der Waals surface area contributed by atoms with E-state index in [1.165, 1.54) is 11.3 Å². The maximum absolute atomic E-state index is 12.5. The molecule has 0 bridgehead atoms. The third-order valence-corrected chi connectivity index (χ3v) is 6.61. The monoisotopic (exact) mass is 431 g/mol. The molecule has 0 aliphatic heterocycles. The van der Waals surface area contributed by atoms with Crippen LogP contribution in [0.15, 0.2) is 14.7 Å². The lowest BCUT2D eigenvalue weighted by atomic mass is 9.86. The number of aryl methyl sites for hydroxylation is 1. The fraction of sp³-hybridized carbons (Fsp3) is 0.667. The highest BCUT2D eigenvalue weighted by Gasteiger charge is 2.30. The van der Waals surface area contributed by atoms with E-state index in [0.717, 1.165) is 20.4 Å². The van der Waals surface area contributed by atoms with Crippen molar-refractivity contribution in [2.45, 2.75) is 45.1 Å². The molecule has 3 nitrogen and oxygen atoms in total. The Balaban J connectivity index is 3.04. The maximum Gasteiger partial charge on any atom is 0.241 e. The third-order valence-electron chi connectivity index (χ3n) is 2.87. The van der Waals surface area contributed by atoms with E-state index in [1.807, 2.05) is 27.7 Å². The number of thiophene rings is 1. The number of sulfonamides is 1. The van der Waals surface area contributed by atoms with E-state index < -0.39 is 10.0 Å². The molecule has 1 N–H and O–H groups in total. The van der Waals surface area contributed by atoms with E-state index in [4.69, 9.17) is 0 Å². The first-order valence-corrected chi connectivity index (χ1v) is 10.1. The first-order valence-electron chi connectivity index (χ1n) is 5.92. The molecule has 0 fully saturated rings. The van der Waals surface area contributed by atoms with Gasteiger partial charge in [-0.15, -0.1) is 11.3 Å². The normalized spacial score (nSPS) is 14.6. The van der Waals surface area contributed by atoms with E-state index in [2.05, 4.69) is 36.6 Å². The van der Waals surface area contributed by atoms with Crippen LogP contribution < -0.4 is 4.72 Å². The Kier molecular flexibility index (Phi) is 6.08. The summed E-state index contributed by atoms with van der Waals surface area (Å²) in [5.41, 5.74) is -0.123. The predicted octanol–water partition coefficient (Wildman–Crippen LogP) is 4.30. The number of nitrogens with one attached hydrogen (secondary N) is 1. The largest absolute Gasteiger partial charge is 0.241 e. The number of hydrogen-bond donors (Lipinski definition) is 1. The fourth-order valence-electron chi connectivity index (χ4n) is 1.73. The second-order valence-corrected chi connectivity index (χ2v) is 10.6. The van der Waals surface area contributed by atoms with Gasteiger partial charge in [-0.3, -0.25) is 0 Å². The number of halogens is 2. The van der Waals surface area contributed by atoms with Crippen molar-refractivity contribution in [2.24, 2.45) is 5.41 Å². The minimum absolute atomic E-state index is 0.102. The molecule has 1 aromatic rings.